The maximum atomic E-state index is 8.86. The van der Waals surface area contributed by atoms with E-state index in [9.17, 15) is 0 Å². The van der Waals surface area contributed by atoms with Crippen molar-refractivity contribution in [2.75, 3.05) is 6.61 Å². The first kappa shape index (κ1) is 12.7. The Morgan fingerprint density at radius 2 is 1.94 bits per heavy atom. The van der Waals surface area contributed by atoms with Gasteiger partial charge in [-0.05, 0) is 31.4 Å². The highest BCUT2D eigenvalue weighted by molar-refractivity contribution is 6.62. The van der Waals surface area contributed by atoms with E-state index in [0.717, 1.165) is 5.46 Å². The lowest BCUT2D eigenvalue weighted by Crippen LogP contribution is -2.34. The lowest BCUT2D eigenvalue weighted by Gasteiger charge is -2.15. The highest BCUT2D eigenvalue weighted by atomic mass is 35.5. The fraction of sp³-hybridized carbons (Fsp3) is 0.364. The Kier molecular flexibility index (Phi) is 3.37. The van der Waals surface area contributed by atoms with Gasteiger partial charge >= 0.3 is 7.12 Å². The third-order valence-electron chi connectivity index (χ3n) is 2.46. The van der Waals surface area contributed by atoms with Crippen molar-refractivity contribution in [3.63, 3.8) is 0 Å². The molecule has 3 nitrogen and oxygen atoms in total. The number of benzene rings is 1. The van der Waals surface area contributed by atoms with E-state index in [-0.39, 0.29) is 11.2 Å². The van der Waals surface area contributed by atoms with Crippen molar-refractivity contribution >= 4 is 35.8 Å². The molecule has 0 spiro atoms. The summed E-state index contributed by atoms with van der Waals surface area (Å²) in [6.07, 6.45) is 0. The van der Waals surface area contributed by atoms with Gasteiger partial charge in [-0.1, -0.05) is 23.2 Å². The summed E-state index contributed by atoms with van der Waals surface area (Å²) < 4.78 is 11.2. The van der Waals surface area contributed by atoms with Crippen LogP contribution in [-0.4, -0.2) is 19.3 Å². The Hall–Kier alpha value is -0.725. The summed E-state index contributed by atoms with van der Waals surface area (Å²) >= 11 is 11.9. The molecule has 1 saturated heterocycles. The fourth-order valence-corrected chi connectivity index (χ4v) is 2.22. The molecule has 0 aliphatic carbocycles. The summed E-state index contributed by atoms with van der Waals surface area (Å²) in [5.74, 6) is 0. The Bertz CT molecular complexity index is 476. The predicted octanol–water partition coefficient (Wildman–Crippen LogP) is 2.39. The van der Waals surface area contributed by atoms with Crippen LogP contribution in [0.15, 0.2) is 12.1 Å². The molecule has 0 amide bonds. The Labute approximate surface area is 110 Å². The quantitative estimate of drug-likeness (QED) is 0.736. The molecule has 6 heteroatoms. The van der Waals surface area contributed by atoms with Crippen molar-refractivity contribution in [1.82, 2.24) is 0 Å². The zero-order valence-corrected chi connectivity index (χ0v) is 11.0. The SMILES string of the molecule is CC1(C)COB(c2cc(Cl)c(C#N)c(Cl)c2)O1. The van der Waals surface area contributed by atoms with Gasteiger partial charge in [0.15, 0.2) is 0 Å². The summed E-state index contributed by atoms with van der Waals surface area (Å²) in [7, 11) is -0.479. The number of nitriles is 1. The van der Waals surface area contributed by atoms with Crippen LogP contribution in [-0.2, 0) is 9.31 Å². The zero-order valence-electron chi connectivity index (χ0n) is 9.46. The van der Waals surface area contributed by atoms with Crippen LogP contribution in [0.3, 0.4) is 0 Å². The van der Waals surface area contributed by atoms with Crippen LogP contribution in [0.25, 0.3) is 0 Å². The maximum Gasteiger partial charge on any atom is 0.494 e. The van der Waals surface area contributed by atoms with E-state index in [1.807, 2.05) is 19.9 Å². The van der Waals surface area contributed by atoms with E-state index in [1.165, 1.54) is 0 Å². The van der Waals surface area contributed by atoms with Crippen molar-refractivity contribution in [1.29, 1.82) is 5.26 Å². The molecule has 1 aromatic rings. The molecule has 1 aliphatic rings. The lowest BCUT2D eigenvalue weighted by molar-refractivity contribution is 0.137. The summed E-state index contributed by atoms with van der Waals surface area (Å²) in [4.78, 5) is 0. The largest absolute Gasteiger partial charge is 0.494 e. The van der Waals surface area contributed by atoms with E-state index < -0.39 is 7.12 Å². The van der Waals surface area contributed by atoms with Gasteiger partial charge in [-0.3, -0.25) is 0 Å². The van der Waals surface area contributed by atoms with Gasteiger partial charge in [0.25, 0.3) is 0 Å². The van der Waals surface area contributed by atoms with Crippen LogP contribution in [0.2, 0.25) is 10.0 Å². The van der Waals surface area contributed by atoms with Crippen molar-refractivity contribution in [2.45, 2.75) is 19.4 Å². The van der Waals surface area contributed by atoms with Gasteiger partial charge in [0.1, 0.15) is 6.07 Å². The van der Waals surface area contributed by atoms with Crippen molar-refractivity contribution in [2.24, 2.45) is 0 Å². The highest BCUT2D eigenvalue weighted by Gasteiger charge is 2.38. The minimum absolute atomic E-state index is 0.273. The first-order valence-corrected chi connectivity index (χ1v) is 5.87. The van der Waals surface area contributed by atoms with Crippen molar-refractivity contribution < 1.29 is 9.31 Å². The van der Waals surface area contributed by atoms with E-state index >= 15 is 0 Å². The normalized spacial score (nSPS) is 18.2. The molecule has 0 atom stereocenters. The molecule has 0 bridgehead atoms. The van der Waals surface area contributed by atoms with Gasteiger partial charge in [0.05, 0.1) is 27.8 Å². The van der Waals surface area contributed by atoms with Gasteiger partial charge in [0.2, 0.25) is 0 Å². The first-order chi connectivity index (χ1) is 7.93. The van der Waals surface area contributed by atoms with Gasteiger partial charge in [0, 0.05) is 0 Å². The molecule has 2 rings (SSSR count). The molecular weight excluding hydrogens is 260 g/mol. The third kappa shape index (κ3) is 2.58. The van der Waals surface area contributed by atoms with Gasteiger partial charge < -0.3 is 9.31 Å². The number of nitrogens with zero attached hydrogens (tertiary/aromatic N) is 1. The summed E-state index contributed by atoms with van der Waals surface area (Å²) in [6.45, 7) is 4.40. The Morgan fingerprint density at radius 1 is 1.35 bits per heavy atom. The lowest BCUT2D eigenvalue weighted by atomic mass is 9.79. The van der Waals surface area contributed by atoms with E-state index in [4.69, 9.17) is 37.8 Å². The highest BCUT2D eigenvalue weighted by Crippen LogP contribution is 2.25. The maximum absolute atomic E-state index is 8.86. The molecule has 1 aromatic carbocycles. The summed E-state index contributed by atoms with van der Waals surface area (Å²) in [5, 5.41) is 9.48. The molecule has 0 aromatic heterocycles. The molecule has 0 N–H and O–H groups in total. The van der Waals surface area contributed by atoms with Crippen LogP contribution in [0.1, 0.15) is 19.4 Å². The van der Waals surface area contributed by atoms with E-state index in [1.54, 1.807) is 12.1 Å². The number of rotatable bonds is 1. The molecular formula is C11H10BCl2NO2. The first-order valence-electron chi connectivity index (χ1n) is 5.11. The number of halogens is 2. The Balaban J connectivity index is 2.33. The summed E-state index contributed by atoms with van der Waals surface area (Å²) in [5.41, 5.74) is 0.677. The standard InChI is InChI=1S/C11H10BCl2NO2/c1-11(2)6-16-12(17-11)7-3-9(13)8(5-15)10(14)4-7/h3-4H,6H2,1-2H3. The molecule has 1 aliphatic heterocycles. The minimum atomic E-state index is -0.479. The zero-order chi connectivity index (χ0) is 12.6. The number of hydrogen-bond donors (Lipinski definition) is 0. The molecule has 17 heavy (non-hydrogen) atoms. The van der Waals surface area contributed by atoms with Gasteiger partial charge in [-0.2, -0.15) is 5.26 Å². The second kappa shape index (κ2) is 4.51. The minimum Gasteiger partial charge on any atom is -0.404 e. The van der Waals surface area contributed by atoms with Crippen LogP contribution in [0.5, 0.6) is 0 Å². The smallest absolute Gasteiger partial charge is 0.404 e. The average molecular weight is 270 g/mol. The van der Waals surface area contributed by atoms with Crippen molar-refractivity contribution in [3.8, 4) is 6.07 Å². The molecule has 88 valence electrons. The van der Waals surface area contributed by atoms with Gasteiger partial charge in [-0.25, -0.2) is 0 Å². The molecule has 0 unspecified atom stereocenters. The van der Waals surface area contributed by atoms with Crippen LogP contribution < -0.4 is 5.46 Å². The number of hydrogen-bond acceptors (Lipinski definition) is 3. The Morgan fingerprint density at radius 3 is 2.35 bits per heavy atom. The van der Waals surface area contributed by atoms with E-state index in [2.05, 4.69) is 0 Å². The molecule has 1 fully saturated rings. The molecule has 1 heterocycles. The second-order valence-corrected chi connectivity index (χ2v) is 5.31. The third-order valence-corrected chi connectivity index (χ3v) is 3.05. The summed E-state index contributed by atoms with van der Waals surface area (Å²) in [6, 6.07) is 5.25. The second-order valence-electron chi connectivity index (χ2n) is 4.49. The van der Waals surface area contributed by atoms with Crippen LogP contribution >= 0.6 is 23.2 Å². The van der Waals surface area contributed by atoms with Crippen LogP contribution in [0, 0.1) is 11.3 Å². The van der Waals surface area contributed by atoms with Crippen molar-refractivity contribution in [3.05, 3.63) is 27.7 Å². The topological polar surface area (TPSA) is 42.2 Å². The van der Waals surface area contributed by atoms with Gasteiger partial charge in [-0.15, -0.1) is 0 Å². The predicted molar refractivity (Wildman–Crippen MR) is 67.7 cm³/mol. The average Bonchev–Trinajstić information content (AvgIpc) is 2.58. The monoisotopic (exact) mass is 269 g/mol. The molecule has 0 saturated carbocycles. The van der Waals surface area contributed by atoms with E-state index in [0.29, 0.717) is 16.7 Å². The van der Waals surface area contributed by atoms with Crippen LogP contribution in [0.4, 0.5) is 0 Å². The molecule has 0 radical (unpaired) electrons. The fourth-order valence-electron chi connectivity index (χ4n) is 1.63.